The Morgan fingerprint density at radius 1 is 1.92 bits per heavy atom. The summed E-state index contributed by atoms with van der Waals surface area (Å²) in [5.41, 5.74) is 6.01. The van der Waals surface area contributed by atoms with Crippen molar-refractivity contribution < 1.29 is 9.90 Å². The van der Waals surface area contributed by atoms with Crippen LogP contribution < -0.4 is 5.73 Å². The first-order chi connectivity index (χ1) is 5.65. The molecule has 1 aromatic rings. The summed E-state index contributed by atoms with van der Waals surface area (Å²) in [4.78, 5) is 14.4. The summed E-state index contributed by atoms with van der Waals surface area (Å²) in [7, 11) is 0. The molecule has 5 nitrogen and oxygen atoms in total. The Kier molecular flexibility index (Phi) is 2.44. The van der Waals surface area contributed by atoms with E-state index in [0.29, 0.717) is 12.2 Å². The molecule has 0 aliphatic carbocycles. The van der Waals surface area contributed by atoms with Gasteiger partial charge in [0.2, 0.25) is 0 Å². The Balaban J connectivity index is 2.81. The zero-order valence-electron chi connectivity index (χ0n) is 6.77. The first kappa shape index (κ1) is 8.73. The molecule has 0 radical (unpaired) electrons. The molecule has 1 aromatic heterocycles. The quantitative estimate of drug-likeness (QED) is 0.666. The van der Waals surface area contributed by atoms with Crippen molar-refractivity contribution in [1.29, 1.82) is 0 Å². The van der Waals surface area contributed by atoms with E-state index < -0.39 is 12.0 Å². The van der Waals surface area contributed by atoms with Gasteiger partial charge in [0.1, 0.15) is 6.04 Å². The molecule has 0 aliphatic heterocycles. The minimum atomic E-state index is -0.879. The van der Waals surface area contributed by atoms with Gasteiger partial charge in [-0.25, -0.2) is 9.78 Å². The zero-order valence-corrected chi connectivity index (χ0v) is 6.77. The standard InChI is InChI=1S/C7H11N3O2/c1-5(7(11)12)10-3-6(2-8)9-4-10/h3-5H,2,8H2,1H3,(H,11,12). The first-order valence-electron chi connectivity index (χ1n) is 3.60. The van der Waals surface area contributed by atoms with E-state index in [1.165, 1.54) is 10.9 Å². The Bertz CT molecular complexity index is 282. The summed E-state index contributed by atoms with van der Waals surface area (Å²) in [6.45, 7) is 1.92. The van der Waals surface area contributed by atoms with Crippen LogP contribution in [0, 0.1) is 0 Å². The molecular formula is C7H11N3O2. The number of rotatable bonds is 3. The Labute approximate surface area is 69.8 Å². The average molecular weight is 169 g/mol. The molecule has 0 spiro atoms. The minimum absolute atomic E-state index is 0.333. The number of carboxylic acids is 1. The summed E-state index contributed by atoms with van der Waals surface area (Å²) in [6.07, 6.45) is 3.11. The summed E-state index contributed by atoms with van der Waals surface area (Å²) in [5, 5.41) is 8.64. The molecule has 1 atom stereocenters. The summed E-state index contributed by atoms with van der Waals surface area (Å²) in [6, 6.07) is -0.585. The number of aliphatic carboxylic acids is 1. The number of nitrogens with zero attached hydrogens (tertiary/aromatic N) is 2. The highest BCUT2D eigenvalue weighted by atomic mass is 16.4. The predicted octanol–water partition coefficient (Wildman–Crippen LogP) is -0.0126. The van der Waals surface area contributed by atoms with Crippen molar-refractivity contribution in [2.45, 2.75) is 19.5 Å². The third kappa shape index (κ3) is 1.62. The van der Waals surface area contributed by atoms with Crippen molar-refractivity contribution in [3.05, 3.63) is 18.2 Å². The van der Waals surface area contributed by atoms with Crippen LogP contribution in [0.15, 0.2) is 12.5 Å². The minimum Gasteiger partial charge on any atom is -0.480 e. The fourth-order valence-electron chi connectivity index (χ4n) is 0.824. The number of hydrogen-bond donors (Lipinski definition) is 2. The van der Waals surface area contributed by atoms with Gasteiger partial charge < -0.3 is 15.4 Å². The Morgan fingerprint density at radius 3 is 3.00 bits per heavy atom. The van der Waals surface area contributed by atoms with Crippen molar-refractivity contribution in [1.82, 2.24) is 9.55 Å². The van der Waals surface area contributed by atoms with Gasteiger partial charge in [-0.05, 0) is 6.92 Å². The molecule has 0 aromatic carbocycles. The van der Waals surface area contributed by atoms with Gasteiger partial charge in [-0.2, -0.15) is 0 Å². The molecular weight excluding hydrogens is 158 g/mol. The lowest BCUT2D eigenvalue weighted by Gasteiger charge is -2.05. The first-order valence-corrected chi connectivity index (χ1v) is 3.60. The van der Waals surface area contributed by atoms with E-state index in [2.05, 4.69) is 4.98 Å². The molecule has 1 rings (SSSR count). The Hall–Kier alpha value is -1.36. The van der Waals surface area contributed by atoms with Gasteiger partial charge in [0, 0.05) is 12.7 Å². The number of imidazole rings is 1. The SMILES string of the molecule is CC(C(=O)O)n1cnc(CN)c1. The molecule has 1 unspecified atom stereocenters. The monoisotopic (exact) mass is 169 g/mol. The number of nitrogens with two attached hydrogens (primary N) is 1. The van der Waals surface area contributed by atoms with Crippen molar-refractivity contribution >= 4 is 5.97 Å². The second-order valence-electron chi connectivity index (χ2n) is 2.53. The van der Waals surface area contributed by atoms with Crippen LogP contribution >= 0.6 is 0 Å². The van der Waals surface area contributed by atoms with Crippen LogP contribution in [-0.2, 0) is 11.3 Å². The van der Waals surface area contributed by atoms with Crippen LogP contribution in [0.1, 0.15) is 18.7 Å². The molecule has 1 heterocycles. The molecule has 12 heavy (non-hydrogen) atoms. The summed E-state index contributed by atoms with van der Waals surface area (Å²) >= 11 is 0. The highest BCUT2D eigenvalue weighted by Crippen LogP contribution is 2.06. The van der Waals surface area contributed by atoms with Crippen LogP contribution in [-0.4, -0.2) is 20.6 Å². The summed E-state index contributed by atoms with van der Waals surface area (Å²) in [5.74, 6) is -0.879. The second-order valence-corrected chi connectivity index (χ2v) is 2.53. The van der Waals surface area contributed by atoms with Gasteiger partial charge in [0.05, 0.1) is 12.0 Å². The van der Waals surface area contributed by atoms with E-state index in [-0.39, 0.29) is 0 Å². The largest absolute Gasteiger partial charge is 0.480 e. The molecule has 0 saturated heterocycles. The lowest BCUT2D eigenvalue weighted by molar-refractivity contribution is -0.140. The average Bonchev–Trinajstić information content (AvgIpc) is 2.50. The van der Waals surface area contributed by atoms with Gasteiger partial charge in [0.25, 0.3) is 0 Å². The van der Waals surface area contributed by atoms with Crippen molar-refractivity contribution in [3.63, 3.8) is 0 Å². The smallest absolute Gasteiger partial charge is 0.326 e. The topological polar surface area (TPSA) is 81.1 Å². The van der Waals surface area contributed by atoms with Gasteiger partial charge in [0.15, 0.2) is 0 Å². The van der Waals surface area contributed by atoms with E-state index >= 15 is 0 Å². The number of hydrogen-bond acceptors (Lipinski definition) is 3. The second kappa shape index (κ2) is 3.36. The molecule has 0 bridgehead atoms. The predicted molar refractivity (Wildman–Crippen MR) is 42.5 cm³/mol. The third-order valence-corrected chi connectivity index (χ3v) is 1.67. The number of carbonyl (C=O) groups is 1. The number of carboxylic acid groups (broad SMARTS) is 1. The third-order valence-electron chi connectivity index (χ3n) is 1.67. The van der Waals surface area contributed by atoms with E-state index in [4.69, 9.17) is 10.8 Å². The maximum Gasteiger partial charge on any atom is 0.326 e. The van der Waals surface area contributed by atoms with Gasteiger partial charge in [-0.15, -0.1) is 0 Å². The normalized spacial score (nSPS) is 12.8. The van der Waals surface area contributed by atoms with E-state index in [9.17, 15) is 4.79 Å². The maximum atomic E-state index is 10.5. The van der Waals surface area contributed by atoms with Gasteiger partial charge >= 0.3 is 5.97 Å². The highest BCUT2D eigenvalue weighted by Gasteiger charge is 2.12. The summed E-state index contributed by atoms with van der Waals surface area (Å²) < 4.78 is 1.52. The van der Waals surface area contributed by atoms with Gasteiger partial charge in [-0.3, -0.25) is 0 Å². The zero-order chi connectivity index (χ0) is 9.14. The molecule has 0 amide bonds. The van der Waals surface area contributed by atoms with Crippen molar-refractivity contribution in [2.24, 2.45) is 5.73 Å². The van der Waals surface area contributed by atoms with Crippen LogP contribution in [0.25, 0.3) is 0 Å². The van der Waals surface area contributed by atoms with Crippen molar-refractivity contribution in [2.75, 3.05) is 0 Å². The fourth-order valence-corrected chi connectivity index (χ4v) is 0.824. The van der Waals surface area contributed by atoms with Crippen LogP contribution in [0.2, 0.25) is 0 Å². The van der Waals surface area contributed by atoms with Crippen LogP contribution in [0.3, 0.4) is 0 Å². The Morgan fingerprint density at radius 2 is 2.58 bits per heavy atom. The molecule has 0 saturated carbocycles. The molecule has 0 fully saturated rings. The molecule has 5 heteroatoms. The molecule has 3 N–H and O–H groups in total. The molecule has 66 valence electrons. The fraction of sp³-hybridized carbons (Fsp3) is 0.429. The number of aromatic nitrogens is 2. The van der Waals surface area contributed by atoms with Crippen LogP contribution in [0.4, 0.5) is 0 Å². The maximum absolute atomic E-state index is 10.5. The van der Waals surface area contributed by atoms with E-state index in [0.717, 1.165) is 0 Å². The van der Waals surface area contributed by atoms with E-state index in [1.54, 1.807) is 13.1 Å². The molecule has 0 aliphatic rings. The lowest BCUT2D eigenvalue weighted by Crippen LogP contribution is -2.13. The van der Waals surface area contributed by atoms with E-state index in [1.807, 2.05) is 0 Å². The van der Waals surface area contributed by atoms with Crippen molar-refractivity contribution in [3.8, 4) is 0 Å². The van der Waals surface area contributed by atoms with Gasteiger partial charge in [-0.1, -0.05) is 0 Å². The van der Waals surface area contributed by atoms with Crippen LogP contribution in [0.5, 0.6) is 0 Å². The lowest BCUT2D eigenvalue weighted by atomic mass is 10.3. The highest BCUT2D eigenvalue weighted by molar-refractivity contribution is 5.71.